The summed E-state index contributed by atoms with van der Waals surface area (Å²) in [6, 6.07) is 1.49. The molecule has 0 amide bonds. The molecule has 6 heteroatoms. The lowest BCUT2D eigenvalue weighted by molar-refractivity contribution is 0.0601. The lowest BCUT2D eigenvalue weighted by Crippen LogP contribution is -2.23. The number of rotatable bonds is 2. The van der Waals surface area contributed by atoms with E-state index in [0.717, 1.165) is 25.9 Å². The van der Waals surface area contributed by atoms with Crippen LogP contribution in [0.25, 0.3) is 0 Å². The van der Waals surface area contributed by atoms with Gasteiger partial charge in [0.25, 0.3) is 0 Å². The third-order valence-electron chi connectivity index (χ3n) is 2.56. The summed E-state index contributed by atoms with van der Waals surface area (Å²) in [7, 11) is 1.34. The molecular formula is C10H12ClN3O2. The van der Waals surface area contributed by atoms with Crippen LogP contribution in [0.5, 0.6) is 0 Å². The quantitative estimate of drug-likeness (QED) is 0.735. The summed E-state index contributed by atoms with van der Waals surface area (Å²) in [5.41, 5.74) is 0.379. The number of methoxy groups -OCH3 is 1. The maximum Gasteiger partial charge on any atom is 0.341 e. The Balaban J connectivity index is 2.38. The predicted molar refractivity (Wildman–Crippen MR) is 59.8 cm³/mol. The number of esters is 1. The Morgan fingerprint density at radius 2 is 2.12 bits per heavy atom. The number of hydrogen-bond donors (Lipinski definition) is 0. The molecule has 0 radical (unpaired) electrons. The van der Waals surface area contributed by atoms with Gasteiger partial charge < -0.3 is 9.64 Å². The van der Waals surface area contributed by atoms with Gasteiger partial charge in [-0.25, -0.2) is 4.79 Å². The molecule has 0 aromatic carbocycles. The number of ether oxygens (including phenoxy) is 1. The van der Waals surface area contributed by atoms with Crippen molar-refractivity contribution >= 4 is 23.4 Å². The monoisotopic (exact) mass is 241 g/mol. The van der Waals surface area contributed by atoms with Crippen LogP contribution in [0.1, 0.15) is 23.2 Å². The Labute approximate surface area is 98.4 Å². The van der Waals surface area contributed by atoms with Gasteiger partial charge in [-0.1, -0.05) is 11.6 Å². The largest absolute Gasteiger partial charge is 0.465 e. The van der Waals surface area contributed by atoms with Gasteiger partial charge in [-0.2, -0.15) is 0 Å². The van der Waals surface area contributed by atoms with Crippen LogP contribution in [0.4, 0.5) is 5.82 Å². The predicted octanol–water partition coefficient (Wildman–Crippen LogP) is 1.52. The highest BCUT2D eigenvalue weighted by Crippen LogP contribution is 2.23. The average molecular weight is 242 g/mol. The fraction of sp³-hybridized carbons (Fsp3) is 0.500. The van der Waals surface area contributed by atoms with E-state index >= 15 is 0 Å². The molecule has 0 saturated carbocycles. The van der Waals surface area contributed by atoms with Crippen molar-refractivity contribution in [2.75, 3.05) is 25.1 Å². The minimum absolute atomic E-state index is 0.198. The summed E-state index contributed by atoms with van der Waals surface area (Å²) in [5.74, 6) is 0.132. The van der Waals surface area contributed by atoms with Crippen LogP contribution in [0.3, 0.4) is 0 Å². The third kappa shape index (κ3) is 2.09. The zero-order valence-corrected chi connectivity index (χ0v) is 9.70. The van der Waals surface area contributed by atoms with Gasteiger partial charge in [-0.3, -0.25) is 0 Å². The van der Waals surface area contributed by atoms with Crippen molar-refractivity contribution < 1.29 is 9.53 Å². The minimum Gasteiger partial charge on any atom is -0.465 e. The SMILES string of the molecule is COC(=O)c1cc(Cl)nnc1N1CCCC1. The van der Waals surface area contributed by atoms with Gasteiger partial charge in [0, 0.05) is 13.1 Å². The molecule has 2 rings (SSSR count). The maximum atomic E-state index is 11.6. The lowest BCUT2D eigenvalue weighted by Gasteiger charge is -2.17. The molecule has 0 N–H and O–H groups in total. The second-order valence-electron chi connectivity index (χ2n) is 3.59. The van der Waals surface area contributed by atoms with Crippen LogP contribution >= 0.6 is 11.6 Å². The molecule has 1 aromatic heterocycles. The van der Waals surface area contributed by atoms with Gasteiger partial charge in [0.15, 0.2) is 11.0 Å². The van der Waals surface area contributed by atoms with Gasteiger partial charge in [-0.05, 0) is 18.9 Å². The second kappa shape index (κ2) is 4.65. The first-order valence-corrected chi connectivity index (χ1v) is 5.46. The molecule has 0 aliphatic carbocycles. The Morgan fingerprint density at radius 1 is 1.44 bits per heavy atom. The second-order valence-corrected chi connectivity index (χ2v) is 3.98. The maximum absolute atomic E-state index is 11.6. The number of carbonyl (C=O) groups excluding carboxylic acids is 1. The van der Waals surface area contributed by atoms with Crippen LogP contribution in [0, 0.1) is 0 Å². The highest BCUT2D eigenvalue weighted by molar-refractivity contribution is 6.29. The Bertz CT molecular complexity index is 405. The smallest absolute Gasteiger partial charge is 0.341 e. The number of nitrogens with zero attached hydrogens (tertiary/aromatic N) is 3. The van der Waals surface area contributed by atoms with E-state index in [4.69, 9.17) is 16.3 Å². The molecular weight excluding hydrogens is 230 g/mol. The first-order valence-electron chi connectivity index (χ1n) is 5.09. The summed E-state index contributed by atoms with van der Waals surface area (Å²) < 4.78 is 4.70. The van der Waals surface area contributed by atoms with Crippen molar-refractivity contribution in [3.63, 3.8) is 0 Å². The van der Waals surface area contributed by atoms with Gasteiger partial charge >= 0.3 is 5.97 Å². The molecule has 1 saturated heterocycles. The van der Waals surface area contributed by atoms with Crippen molar-refractivity contribution in [3.05, 3.63) is 16.8 Å². The number of anilines is 1. The lowest BCUT2D eigenvalue weighted by atomic mass is 10.2. The fourth-order valence-corrected chi connectivity index (χ4v) is 1.93. The van der Waals surface area contributed by atoms with Crippen LogP contribution < -0.4 is 4.90 Å². The van der Waals surface area contributed by atoms with E-state index in [1.165, 1.54) is 13.2 Å². The van der Waals surface area contributed by atoms with Gasteiger partial charge in [0.1, 0.15) is 5.56 Å². The zero-order chi connectivity index (χ0) is 11.5. The fourth-order valence-electron chi connectivity index (χ4n) is 1.78. The Kier molecular flexibility index (Phi) is 3.24. The summed E-state index contributed by atoms with van der Waals surface area (Å²) in [6.45, 7) is 1.78. The number of aromatic nitrogens is 2. The molecule has 0 atom stereocenters. The van der Waals surface area contributed by atoms with Crippen molar-refractivity contribution in [2.24, 2.45) is 0 Å². The van der Waals surface area contributed by atoms with E-state index in [1.807, 2.05) is 4.90 Å². The van der Waals surface area contributed by atoms with E-state index in [9.17, 15) is 4.79 Å². The molecule has 1 fully saturated rings. The standard InChI is InChI=1S/C10H12ClN3O2/c1-16-10(15)7-6-8(11)12-13-9(7)14-4-2-3-5-14/h6H,2-5H2,1H3. The van der Waals surface area contributed by atoms with Crippen LogP contribution in [0.15, 0.2) is 6.07 Å². The third-order valence-corrected chi connectivity index (χ3v) is 2.74. The Hall–Kier alpha value is -1.36. The van der Waals surface area contributed by atoms with E-state index in [2.05, 4.69) is 10.2 Å². The Morgan fingerprint density at radius 3 is 2.75 bits per heavy atom. The van der Waals surface area contributed by atoms with E-state index < -0.39 is 5.97 Å². The molecule has 5 nitrogen and oxygen atoms in total. The van der Waals surface area contributed by atoms with Gasteiger partial charge in [0.2, 0.25) is 0 Å². The number of halogens is 1. The van der Waals surface area contributed by atoms with Crippen molar-refractivity contribution in [3.8, 4) is 0 Å². The summed E-state index contributed by atoms with van der Waals surface area (Å²) in [4.78, 5) is 13.6. The van der Waals surface area contributed by atoms with Crippen LogP contribution in [-0.4, -0.2) is 36.4 Å². The number of hydrogen-bond acceptors (Lipinski definition) is 5. The molecule has 1 aliphatic heterocycles. The molecule has 0 spiro atoms. The minimum atomic E-state index is -0.432. The van der Waals surface area contributed by atoms with Gasteiger partial charge in [0.05, 0.1) is 7.11 Å². The van der Waals surface area contributed by atoms with Crippen molar-refractivity contribution in [1.82, 2.24) is 10.2 Å². The van der Waals surface area contributed by atoms with E-state index in [0.29, 0.717) is 11.4 Å². The summed E-state index contributed by atoms with van der Waals surface area (Å²) in [6.07, 6.45) is 2.20. The highest BCUT2D eigenvalue weighted by atomic mass is 35.5. The van der Waals surface area contributed by atoms with Gasteiger partial charge in [-0.15, -0.1) is 10.2 Å². The average Bonchev–Trinajstić information content (AvgIpc) is 2.81. The molecule has 0 bridgehead atoms. The first kappa shape index (κ1) is 11.1. The molecule has 86 valence electrons. The van der Waals surface area contributed by atoms with Crippen molar-refractivity contribution in [1.29, 1.82) is 0 Å². The first-order chi connectivity index (χ1) is 7.72. The summed E-state index contributed by atoms with van der Waals surface area (Å²) >= 11 is 5.72. The molecule has 0 unspecified atom stereocenters. The van der Waals surface area contributed by atoms with Crippen LogP contribution in [0.2, 0.25) is 5.15 Å². The normalized spacial score (nSPS) is 15.2. The van der Waals surface area contributed by atoms with E-state index in [-0.39, 0.29) is 5.15 Å². The molecule has 2 heterocycles. The van der Waals surface area contributed by atoms with Crippen molar-refractivity contribution in [2.45, 2.75) is 12.8 Å². The number of carbonyl (C=O) groups is 1. The summed E-state index contributed by atoms with van der Waals surface area (Å²) in [5, 5.41) is 7.94. The molecule has 1 aromatic rings. The molecule has 16 heavy (non-hydrogen) atoms. The van der Waals surface area contributed by atoms with Crippen LogP contribution in [-0.2, 0) is 4.74 Å². The highest BCUT2D eigenvalue weighted by Gasteiger charge is 2.22. The topological polar surface area (TPSA) is 55.3 Å². The zero-order valence-electron chi connectivity index (χ0n) is 8.94. The molecule has 1 aliphatic rings. The van der Waals surface area contributed by atoms with E-state index in [1.54, 1.807) is 0 Å².